The zero-order valence-corrected chi connectivity index (χ0v) is 7.73. The van der Waals surface area contributed by atoms with Crippen LogP contribution in [0.5, 0.6) is 11.5 Å². The van der Waals surface area contributed by atoms with Crippen LogP contribution in [0.15, 0.2) is 24.3 Å². The fraction of sp³-hybridized carbons (Fsp3) is 0.100. The zero-order valence-electron chi connectivity index (χ0n) is 7.73. The number of methoxy groups -OCH3 is 1. The van der Waals surface area contributed by atoms with Gasteiger partial charge in [-0.15, -0.1) is 0 Å². The fourth-order valence-electron chi connectivity index (χ4n) is 0.976. The molecule has 0 saturated carbocycles. The number of primary amides is 1. The minimum atomic E-state index is -0.517. The SMILES string of the molecule is COc1cc(/C=C/C(N)=O)ccc1O. The largest absolute Gasteiger partial charge is 0.504 e. The normalized spacial score (nSPS) is 10.4. The monoisotopic (exact) mass is 193 g/mol. The molecular formula is C10H11NO3. The van der Waals surface area contributed by atoms with E-state index in [2.05, 4.69) is 0 Å². The van der Waals surface area contributed by atoms with Crippen molar-refractivity contribution in [2.75, 3.05) is 7.11 Å². The summed E-state index contributed by atoms with van der Waals surface area (Å²) in [7, 11) is 1.45. The van der Waals surface area contributed by atoms with Gasteiger partial charge in [-0.3, -0.25) is 4.79 Å². The summed E-state index contributed by atoms with van der Waals surface area (Å²) >= 11 is 0. The summed E-state index contributed by atoms with van der Waals surface area (Å²) in [6.07, 6.45) is 2.79. The summed E-state index contributed by atoms with van der Waals surface area (Å²) in [4.78, 5) is 10.4. The van der Waals surface area contributed by atoms with Gasteiger partial charge in [-0.2, -0.15) is 0 Å². The van der Waals surface area contributed by atoms with Gasteiger partial charge in [0.05, 0.1) is 7.11 Å². The third kappa shape index (κ3) is 2.52. The molecular weight excluding hydrogens is 182 g/mol. The standard InChI is InChI=1S/C10H11NO3/c1-14-9-6-7(2-4-8(9)12)3-5-10(11)13/h2-6,12H,1H3,(H2,11,13)/b5-3+. The van der Waals surface area contributed by atoms with Crippen LogP contribution in [-0.4, -0.2) is 18.1 Å². The molecule has 0 radical (unpaired) electrons. The molecule has 14 heavy (non-hydrogen) atoms. The van der Waals surface area contributed by atoms with Gasteiger partial charge in [-0.25, -0.2) is 0 Å². The summed E-state index contributed by atoms with van der Waals surface area (Å²) in [5, 5.41) is 9.27. The highest BCUT2D eigenvalue weighted by molar-refractivity contribution is 5.90. The summed E-state index contributed by atoms with van der Waals surface area (Å²) in [6, 6.07) is 4.74. The van der Waals surface area contributed by atoms with Crippen LogP contribution in [0.3, 0.4) is 0 Å². The Hall–Kier alpha value is -1.97. The molecule has 0 aliphatic carbocycles. The topological polar surface area (TPSA) is 72.5 Å². The Labute approximate surface area is 81.6 Å². The lowest BCUT2D eigenvalue weighted by atomic mass is 10.2. The summed E-state index contributed by atoms with van der Waals surface area (Å²) < 4.78 is 4.89. The van der Waals surface area contributed by atoms with Crippen molar-refractivity contribution in [2.45, 2.75) is 0 Å². The number of ether oxygens (including phenoxy) is 1. The third-order valence-corrected chi connectivity index (χ3v) is 1.64. The maximum absolute atomic E-state index is 10.4. The molecule has 0 fully saturated rings. The number of phenolic OH excluding ortho intramolecular Hbond substituents is 1. The molecule has 4 nitrogen and oxygen atoms in total. The third-order valence-electron chi connectivity index (χ3n) is 1.64. The predicted octanol–water partition coefficient (Wildman–Crippen LogP) is 0.899. The molecule has 3 N–H and O–H groups in total. The Morgan fingerprint density at radius 2 is 2.29 bits per heavy atom. The highest BCUT2D eigenvalue weighted by Gasteiger charge is 2.00. The first-order valence-corrected chi connectivity index (χ1v) is 3.98. The second-order valence-electron chi connectivity index (χ2n) is 2.67. The molecule has 0 aliphatic rings. The minimum absolute atomic E-state index is 0.0590. The molecule has 0 spiro atoms. The van der Waals surface area contributed by atoms with Crippen molar-refractivity contribution in [3.05, 3.63) is 29.8 Å². The smallest absolute Gasteiger partial charge is 0.241 e. The Bertz CT molecular complexity index is 372. The van der Waals surface area contributed by atoms with Crippen LogP contribution in [0.1, 0.15) is 5.56 Å². The predicted molar refractivity (Wildman–Crippen MR) is 52.9 cm³/mol. The van der Waals surface area contributed by atoms with E-state index in [9.17, 15) is 9.90 Å². The van der Waals surface area contributed by atoms with Crippen molar-refractivity contribution in [3.8, 4) is 11.5 Å². The molecule has 0 atom stereocenters. The average molecular weight is 193 g/mol. The number of nitrogens with two attached hydrogens (primary N) is 1. The maximum Gasteiger partial charge on any atom is 0.241 e. The van der Waals surface area contributed by atoms with Crippen molar-refractivity contribution in [1.29, 1.82) is 0 Å². The molecule has 0 unspecified atom stereocenters. The lowest BCUT2D eigenvalue weighted by Gasteiger charge is -2.03. The Morgan fingerprint density at radius 1 is 1.57 bits per heavy atom. The van der Waals surface area contributed by atoms with Crippen molar-refractivity contribution >= 4 is 12.0 Å². The van der Waals surface area contributed by atoms with Crippen LogP contribution >= 0.6 is 0 Å². The second kappa shape index (κ2) is 4.32. The van der Waals surface area contributed by atoms with E-state index in [0.717, 1.165) is 5.56 Å². The number of amides is 1. The van der Waals surface area contributed by atoms with Crippen molar-refractivity contribution in [1.82, 2.24) is 0 Å². The van der Waals surface area contributed by atoms with Crippen LogP contribution in [0.2, 0.25) is 0 Å². The molecule has 0 saturated heterocycles. The van der Waals surface area contributed by atoms with Gasteiger partial charge in [0, 0.05) is 6.08 Å². The number of hydrogen-bond donors (Lipinski definition) is 2. The van der Waals surface area contributed by atoms with Gasteiger partial charge in [0.15, 0.2) is 11.5 Å². The lowest BCUT2D eigenvalue weighted by molar-refractivity contribution is -0.113. The van der Waals surface area contributed by atoms with Crippen LogP contribution in [0, 0.1) is 0 Å². The summed E-state index contributed by atoms with van der Waals surface area (Å²) in [5.74, 6) is -0.0996. The summed E-state index contributed by atoms with van der Waals surface area (Å²) in [6.45, 7) is 0. The molecule has 0 bridgehead atoms. The van der Waals surface area contributed by atoms with E-state index in [-0.39, 0.29) is 5.75 Å². The number of carbonyl (C=O) groups is 1. The van der Waals surface area contributed by atoms with E-state index in [4.69, 9.17) is 10.5 Å². The maximum atomic E-state index is 10.4. The molecule has 1 rings (SSSR count). The van der Waals surface area contributed by atoms with E-state index in [1.807, 2.05) is 0 Å². The van der Waals surface area contributed by atoms with E-state index in [1.54, 1.807) is 18.2 Å². The molecule has 1 aromatic rings. The van der Waals surface area contributed by atoms with Gasteiger partial charge >= 0.3 is 0 Å². The zero-order chi connectivity index (χ0) is 10.6. The van der Waals surface area contributed by atoms with Crippen molar-refractivity contribution in [2.24, 2.45) is 5.73 Å². The molecule has 0 aromatic heterocycles. The molecule has 74 valence electrons. The van der Waals surface area contributed by atoms with E-state index in [1.165, 1.54) is 19.3 Å². The number of hydrogen-bond acceptors (Lipinski definition) is 3. The van der Waals surface area contributed by atoms with Gasteiger partial charge in [-0.05, 0) is 23.8 Å². The Balaban J connectivity index is 2.95. The van der Waals surface area contributed by atoms with Crippen molar-refractivity contribution < 1.29 is 14.6 Å². The minimum Gasteiger partial charge on any atom is -0.504 e. The van der Waals surface area contributed by atoms with Crippen LogP contribution in [0.25, 0.3) is 6.08 Å². The Kier molecular flexibility index (Phi) is 3.12. The average Bonchev–Trinajstić information content (AvgIpc) is 2.16. The van der Waals surface area contributed by atoms with Crippen LogP contribution in [0.4, 0.5) is 0 Å². The van der Waals surface area contributed by atoms with Crippen LogP contribution < -0.4 is 10.5 Å². The van der Waals surface area contributed by atoms with Gasteiger partial charge < -0.3 is 15.6 Å². The second-order valence-corrected chi connectivity index (χ2v) is 2.67. The van der Waals surface area contributed by atoms with Crippen molar-refractivity contribution in [3.63, 3.8) is 0 Å². The van der Waals surface area contributed by atoms with Gasteiger partial charge in [0.25, 0.3) is 0 Å². The first kappa shape index (κ1) is 10.1. The molecule has 0 heterocycles. The molecule has 0 aliphatic heterocycles. The number of rotatable bonds is 3. The Morgan fingerprint density at radius 3 is 2.86 bits per heavy atom. The van der Waals surface area contributed by atoms with E-state index in [0.29, 0.717) is 5.75 Å². The number of phenols is 1. The summed E-state index contributed by atoms with van der Waals surface area (Å²) in [5.41, 5.74) is 5.67. The van der Waals surface area contributed by atoms with Gasteiger partial charge in [0.1, 0.15) is 0 Å². The van der Waals surface area contributed by atoms with Gasteiger partial charge in [-0.1, -0.05) is 6.07 Å². The highest BCUT2D eigenvalue weighted by Crippen LogP contribution is 2.26. The number of aromatic hydroxyl groups is 1. The molecule has 4 heteroatoms. The molecule has 1 amide bonds. The van der Waals surface area contributed by atoms with E-state index >= 15 is 0 Å². The lowest BCUT2D eigenvalue weighted by Crippen LogP contribution is -2.05. The van der Waals surface area contributed by atoms with Crippen LogP contribution in [-0.2, 0) is 4.79 Å². The quantitative estimate of drug-likeness (QED) is 0.700. The highest BCUT2D eigenvalue weighted by atomic mass is 16.5. The fourth-order valence-corrected chi connectivity index (χ4v) is 0.976. The first-order valence-electron chi connectivity index (χ1n) is 3.98. The number of benzene rings is 1. The van der Waals surface area contributed by atoms with Gasteiger partial charge in [0.2, 0.25) is 5.91 Å². The number of carbonyl (C=O) groups excluding carboxylic acids is 1. The first-order chi connectivity index (χ1) is 6.63. The van der Waals surface area contributed by atoms with E-state index < -0.39 is 5.91 Å². The molecule has 1 aromatic carbocycles.